The van der Waals surface area contributed by atoms with Crippen molar-refractivity contribution in [2.75, 3.05) is 0 Å². The second kappa shape index (κ2) is 12.8. The van der Waals surface area contributed by atoms with Gasteiger partial charge in [0, 0.05) is 18.8 Å². The molecule has 0 saturated carbocycles. The third-order valence-corrected chi connectivity index (χ3v) is 6.35. The van der Waals surface area contributed by atoms with E-state index in [1.165, 1.54) is 18.6 Å². The summed E-state index contributed by atoms with van der Waals surface area (Å²) in [6.45, 7) is 18.1. The highest BCUT2D eigenvalue weighted by molar-refractivity contribution is 6.48. The molecule has 0 aliphatic carbocycles. The zero-order valence-corrected chi connectivity index (χ0v) is 22.3. The van der Waals surface area contributed by atoms with E-state index in [9.17, 15) is 9.59 Å². The molecule has 1 aliphatic heterocycles. The van der Waals surface area contributed by atoms with Gasteiger partial charge in [0.2, 0.25) is 5.91 Å². The molecule has 2 N–H and O–H groups in total. The summed E-state index contributed by atoms with van der Waals surface area (Å²) < 4.78 is 12.5. The van der Waals surface area contributed by atoms with Crippen molar-refractivity contribution >= 4 is 18.9 Å². The lowest BCUT2D eigenvalue weighted by Gasteiger charge is -2.32. The van der Waals surface area contributed by atoms with E-state index < -0.39 is 30.3 Å². The van der Waals surface area contributed by atoms with Gasteiger partial charge in [-0.25, -0.2) is 4.98 Å². The summed E-state index contributed by atoms with van der Waals surface area (Å²) in [5.41, 5.74) is 0.0545. The molecule has 1 saturated heterocycles. The summed E-state index contributed by atoms with van der Waals surface area (Å²) >= 11 is 0. The van der Waals surface area contributed by atoms with Crippen molar-refractivity contribution in [3.05, 3.63) is 73.3 Å². The SMILES string of the molecule is C=C.CC(C)C[C@H](NC(=O)[C@H](Cc1ccccc1)NC(=O)c1cnccn1)B1OC(C)(C)C(C)(C)O1. The maximum Gasteiger partial charge on any atom is 0.481 e. The van der Waals surface area contributed by atoms with Gasteiger partial charge < -0.3 is 19.9 Å². The molecule has 9 heteroatoms. The number of nitrogens with one attached hydrogen (secondary N) is 2. The van der Waals surface area contributed by atoms with Crippen molar-refractivity contribution < 1.29 is 18.9 Å². The maximum atomic E-state index is 13.5. The Morgan fingerprint density at radius 2 is 1.61 bits per heavy atom. The summed E-state index contributed by atoms with van der Waals surface area (Å²) in [6, 6.07) is 8.76. The maximum absolute atomic E-state index is 13.5. The van der Waals surface area contributed by atoms with Crippen molar-refractivity contribution in [3.63, 3.8) is 0 Å². The lowest BCUT2D eigenvalue weighted by atomic mass is 9.74. The van der Waals surface area contributed by atoms with Crippen LogP contribution in [0.4, 0.5) is 0 Å². The van der Waals surface area contributed by atoms with E-state index in [0.717, 1.165) is 5.56 Å². The lowest BCUT2D eigenvalue weighted by Crippen LogP contribution is -2.55. The molecular weight excluding hydrogens is 455 g/mol. The van der Waals surface area contributed by atoms with Gasteiger partial charge in [-0.2, -0.15) is 0 Å². The molecule has 2 atom stereocenters. The summed E-state index contributed by atoms with van der Waals surface area (Å²) in [6.07, 6.45) is 5.30. The Balaban J connectivity index is 0.00000222. The molecule has 0 radical (unpaired) electrons. The predicted molar refractivity (Wildman–Crippen MR) is 142 cm³/mol. The van der Waals surface area contributed by atoms with Crippen molar-refractivity contribution in [1.29, 1.82) is 0 Å². The van der Waals surface area contributed by atoms with Crippen molar-refractivity contribution in [3.8, 4) is 0 Å². The van der Waals surface area contributed by atoms with Crippen LogP contribution in [0.2, 0.25) is 0 Å². The Morgan fingerprint density at radius 1 is 1.00 bits per heavy atom. The minimum absolute atomic E-state index is 0.151. The van der Waals surface area contributed by atoms with Gasteiger partial charge in [0.15, 0.2) is 0 Å². The fourth-order valence-electron chi connectivity index (χ4n) is 3.79. The first-order valence-corrected chi connectivity index (χ1v) is 12.3. The second-order valence-electron chi connectivity index (χ2n) is 10.2. The normalized spacial score (nSPS) is 17.5. The standard InChI is InChI=1S/C25H35BN4O4.C2H4/c1-17(2)14-21(26-33-24(3,4)25(5,6)34-26)30-22(31)19(15-18-10-8-7-9-11-18)29-23(32)20-16-27-12-13-28-20;1-2/h7-13,16-17,19,21H,14-15H2,1-6H3,(H,29,32)(H,30,31);1-2H2/t19-,21-;/m0./s1. The molecule has 1 fully saturated rings. The van der Waals surface area contributed by atoms with Crippen LogP contribution in [0.15, 0.2) is 62.1 Å². The van der Waals surface area contributed by atoms with Crippen LogP contribution >= 0.6 is 0 Å². The highest BCUT2D eigenvalue weighted by atomic mass is 16.7. The van der Waals surface area contributed by atoms with E-state index in [2.05, 4.69) is 47.6 Å². The molecule has 3 rings (SSSR count). The first kappa shape index (κ1) is 29.2. The molecule has 0 spiro atoms. The van der Waals surface area contributed by atoms with Crippen LogP contribution in [-0.2, 0) is 20.5 Å². The summed E-state index contributed by atoms with van der Waals surface area (Å²) in [7, 11) is -0.593. The number of hydrogen-bond acceptors (Lipinski definition) is 6. The smallest absolute Gasteiger partial charge is 0.402 e. The van der Waals surface area contributed by atoms with E-state index in [0.29, 0.717) is 18.8 Å². The van der Waals surface area contributed by atoms with E-state index in [4.69, 9.17) is 9.31 Å². The van der Waals surface area contributed by atoms with Crippen LogP contribution in [-0.4, -0.2) is 52.1 Å². The average molecular weight is 494 g/mol. The topological polar surface area (TPSA) is 102 Å². The summed E-state index contributed by atoms with van der Waals surface area (Å²) in [5.74, 6) is -0.840. The van der Waals surface area contributed by atoms with Gasteiger partial charge in [0.1, 0.15) is 11.7 Å². The highest BCUT2D eigenvalue weighted by Gasteiger charge is 2.54. The van der Waals surface area contributed by atoms with Gasteiger partial charge in [-0.1, -0.05) is 44.2 Å². The Labute approximate surface area is 215 Å². The quantitative estimate of drug-likeness (QED) is 0.406. The van der Waals surface area contributed by atoms with Crippen molar-refractivity contribution in [2.45, 2.75) is 77.6 Å². The molecule has 8 nitrogen and oxygen atoms in total. The lowest BCUT2D eigenvalue weighted by molar-refractivity contribution is -0.123. The Morgan fingerprint density at radius 3 is 2.14 bits per heavy atom. The van der Waals surface area contributed by atoms with Crippen LogP contribution in [0.3, 0.4) is 0 Å². The van der Waals surface area contributed by atoms with Gasteiger partial charge in [-0.05, 0) is 45.6 Å². The molecule has 2 heterocycles. The largest absolute Gasteiger partial charge is 0.481 e. The zero-order chi connectivity index (χ0) is 26.9. The van der Waals surface area contributed by atoms with Gasteiger partial charge >= 0.3 is 7.12 Å². The number of carbonyl (C=O) groups is 2. The number of aromatic nitrogens is 2. The minimum Gasteiger partial charge on any atom is -0.402 e. The van der Waals surface area contributed by atoms with Gasteiger partial charge in [-0.3, -0.25) is 14.6 Å². The van der Waals surface area contributed by atoms with Crippen molar-refractivity contribution in [2.24, 2.45) is 5.92 Å². The Hall–Kier alpha value is -3.04. The Bertz CT molecular complexity index is 970. The van der Waals surface area contributed by atoms with Gasteiger partial charge in [0.25, 0.3) is 5.91 Å². The summed E-state index contributed by atoms with van der Waals surface area (Å²) in [5, 5.41) is 5.93. The molecule has 0 bridgehead atoms. The monoisotopic (exact) mass is 494 g/mol. The highest BCUT2D eigenvalue weighted by Crippen LogP contribution is 2.38. The fourth-order valence-corrected chi connectivity index (χ4v) is 3.79. The van der Waals surface area contributed by atoms with Crippen LogP contribution in [0.25, 0.3) is 0 Å². The van der Waals surface area contributed by atoms with Gasteiger partial charge in [-0.15, -0.1) is 13.2 Å². The second-order valence-corrected chi connectivity index (χ2v) is 10.2. The van der Waals surface area contributed by atoms with Gasteiger partial charge in [0.05, 0.1) is 23.3 Å². The van der Waals surface area contributed by atoms with Crippen molar-refractivity contribution in [1.82, 2.24) is 20.6 Å². The average Bonchev–Trinajstić information content (AvgIpc) is 3.07. The van der Waals surface area contributed by atoms with Crippen LogP contribution in [0.1, 0.15) is 64.0 Å². The number of carbonyl (C=O) groups excluding carboxylic acids is 2. The molecular formula is C27H39BN4O4. The third-order valence-electron chi connectivity index (χ3n) is 6.35. The summed E-state index contributed by atoms with van der Waals surface area (Å²) in [4.78, 5) is 34.3. The third kappa shape index (κ3) is 7.73. The molecule has 0 unspecified atom stereocenters. The van der Waals surface area contributed by atoms with Crippen LogP contribution in [0.5, 0.6) is 0 Å². The fraction of sp³-hybridized carbons (Fsp3) is 0.481. The first-order valence-electron chi connectivity index (χ1n) is 12.3. The number of rotatable bonds is 9. The number of hydrogen-bond donors (Lipinski definition) is 2. The van der Waals surface area contributed by atoms with E-state index in [1.807, 2.05) is 58.0 Å². The molecule has 2 aromatic rings. The van der Waals surface area contributed by atoms with Crippen LogP contribution < -0.4 is 10.6 Å². The number of nitrogens with zero attached hydrogens (tertiary/aromatic N) is 2. The van der Waals surface area contributed by atoms with Crippen LogP contribution in [0, 0.1) is 5.92 Å². The van der Waals surface area contributed by atoms with E-state index in [-0.39, 0.29) is 17.5 Å². The minimum atomic E-state index is -0.811. The molecule has 2 amide bonds. The molecule has 1 aliphatic rings. The molecule has 1 aromatic carbocycles. The van der Waals surface area contributed by atoms with E-state index in [1.54, 1.807) is 0 Å². The molecule has 1 aromatic heterocycles. The zero-order valence-electron chi connectivity index (χ0n) is 22.3. The molecule has 36 heavy (non-hydrogen) atoms. The first-order chi connectivity index (χ1) is 17.0. The molecule has 194 valence electrons. The van der Waals surface area contributed by atoms with E-state index >= 15 is 0 Å². The Kier molecular flexibility index (Phi) is 10.4. The number of amides is 2. The number of benzene rings is 1. The predicted octanol–water partition coefficient (Wildman–Crippen LogP) is 3.78.